The fraction of sp³-hybridized carbons (Fsp3) is 0.368. The largest absolute Gasteiger partial charge is 0.326 e. The Kier molecular flexibility index (Phi) is 4.79. The summed E-state index contributed by atoms with van der Waals surface area (Å²) in [5.74, 6) is 0.479. The Morgan fingerprint density at radius 3 is 2.60 bits per heavy atom. The Bertz CT molecular complexity index is 896. The molecule has 0 radical (unpaired) electrons. The molecule has 25 heavy (non-hydrogen) atoms. The number of hydrogen-bond acceptors (Lipinski definition) is 4. The van der Waals surface area contributed by atoms with Gasteiger partial charge in [-0.15, -0.1) is 10.2 Å². The first-order valence-electron chi connectivity index (χ1n) is 8.51. The molecule has 1 amide bonds. The number of amides is 1. The Balaban J connectivity index is 1.66. The smallest absolute Gasteiger partial charge is 0.224 e. The Labute approximate surface area is 147 Å². The molecular formula is C19H23N5O. The summed E-state index contributed by atoms with van der Waals surface area (Å²) in [5, 5.41) is 15.4. The highest BCUT2D eigenvalue weighted by atomic mass is 16.1. The third-order valence-corrected chi connectivity index (χ3v) is 4.48. The molecule has 2 heterocycles. The topological polar surface area (TPSA) is 72.2 Å². The summed E-state index contributed by atoms with van der Waals surface area (Å²) in [7, 11) is 0. The molecule has 0 saturated heterocycles. The van der Waals surface area contributed by atoms with E-state index >= 15 is 0 Å². The second-order valence-electron chi connectivity index (χ2n) is 6.61. The lowest BCUT2D eigenvalue weighted by atomic mass is 10.0. The number of nitrogens with one attached hydrogen (secondary N) is 1. The van der Waals surface area contributed by atoms with Gasteiger partial charge >= 0.3 is 0 Å². The predicted octanol–water partition coefficient (Wildman–Crippen LogP) is 3.44. The molecule has 6 nitrogen and oxygen atoms in total. The summed E-state index contributed by atoms with van der Waals surface area (Å²) in [6.45, 7) is 8.25. The number of hydrogen-bond donors (Lipinski definition) is 1. The number of rotatable bonds is 5. The highest BCUT2D eigenvalue weighted by molar-refractivity contribution is 5.90. The number of aromatic nitrogens is 4. The van der Waals surface area contributed by atoms with Crippen molar-refractivity contribution in [2.45, 2.75) is 46.5 Å². The molecule has 0 bridgehead atoms. The van der Waals surface area contributed by atoms with Crippen molar-refractivity contribution in [3.05, 3.63) is 53.0 Å². The van der Waals surface area contributed by atoms with E-state index in [1.54, 1.807) is 10.8 Å². The Hall–Kier alpha value is -2.76. The van der Waals surface area contributed by atoms with E-state index < -0.39 is 0 Å². The highest BCUT2D eigenvalue weighted by Gasteiger charge is 2.13. The fourth-order valence-corrected chi connectivity index (χ4v) is 2.96. The lowest BCUT2D eigenvalue weighted by molar-refractivity contribution is -0.116. The van der Waals surface area contributed by atoms with E-state index in [9.17, 15) is 4.79 Å². The van der Waals surface area contributed by atoms with Gasteiger partial charge in [0.15, 0.2) is 5.65 Å². The summed E-state index contributed by atoms with van der Waals surface area (Å²) in [6, 6.07) is 8.01. The van der Waals surface area contributed by atoms with Crippen LogP contribution >= 0.6 is 0 Å². The molecular weight excluding hydrogens is 314 g/mol. The third-order valence-electron chi connectivity index (χ3n) is 4.48. The van der Waals surface area contributed by atoms with Gasteiger partial charge in [-0.25, -0.2) is 4.52 Å². The Morgan fingerprint density at radius 1 is 1.20 bits per heavy atom. The first kappa shape index (κ1) is 17.1. The van der Waals surface area contributed by atoms with E-state index in [4.69, 9.17) is 0 Å². The zero-order chi connectivity index (χ0) is 18.0. The molecule has 1 aromatic carbocycles. The molecule has 3 rings (SSSR count). The van der Waals surface area contributed by atoms with Crippen molar-refractivity contribution in [1.29, 1.82) is 0 Å². The van der Waals surface area contributed by atoms with Crippen molar-refractivity contribution in [1.82, 2.24) is 19.8 Å². The maximum absolute atomic E-state index is 12.3. The van der Waals surface area contributed by atoms with Crippen LogP contribution in [-0.4, -0.2) is 25.7 Å². The molecule has 0 aliphatic carbocycles. The summed E-state index contributed by atoms with van der Waals surface area (Å²) in [5.41, 5.74) is 5.82. The molecule has 0 unspecified atom stereocenters. The second kappa shape index (κ2) is 7.01. The zero-order valence-electron chi connectivity index (χ0n) is 15.1. The molecule has 2 aromatic heterocycles. The first-order valence-corrected chi connectivity index (χ1v) is 8.51. The van der Waals surface area contributed by atoms with E-state index in [2.05, 4.69) is 46.6 Å². The van der Waals surface area contributed by atoms with Gasteiger partial charge in [0.25, 0.3) is 0 Å². The van der Waals surface area contributed by atoms with Gasteiger partial charge < -0.3 is 5.32 Å². The molecule has 0 aliphatic rings. The van der Waals surface area contributed by atoms with Gasteiger partial charge in [0, 0.05) is 17.7 Å². The minimum absolute atomic E-state index is 0.00237. The molecule has 0 aliphatic heterocycles. The minimum atomic E-state index is -0.00237. The van der Waals surface area contributed by atoms with Crippen LogP contribution in [0.5, 0.6) is 0 Å². The molecule has 0 spiro atoms. The maximum atomic E-state index is 12.3. The molecule has 0 saturated carbocycles. The highest BCUT2D eigenvalue weighted by Crippen LogP contribution is 2.19. The van der Waals surface area contributed by atoms with Crippen LogP contribution in [0.3, 0.4) is 0 Å². The predicted molar refractivity (Wildman–Crippen MR) is 97.7 cm³/mol. The van der Waals surface area contributed by atoms with Gasteiger partial charge in [0.1, 0.15) is 6.33 Å². The standard InChI is InChI=1S/C19H23N5O/c1-12(2)15-5-7-16(8-6-15)21-18(25)10-9-17-13(3)19-22-20-11-24(19)23-14(17)4/h5-8,11-12H,9-10H2,1-4H3,(H,21,25). The third kappa shape index (κ3) is 3.68. The minimum Gasteiger partial charge on any atom is -0.326 e. The van der Waals surface area contributed by atoms with E-state index in [0.29, 0.717) is 18.8 Å². The number of anilines is 1. The van der Waals surface area contributed by atoms with E-state index in [-0.39, 0.29) is 5.91 Å². The monoisotopic (exact) mass is 337 g/mol. The van der Waals surface area contributed by atoms with Crippen LogP contribution < -0.4 is 5.32 Å². The Morgan fingerprint density at radius 2 is 1.92 bits per heavy atom. The number of aryl methyl sites for hydroxylation is 2. The first-order chi connectivity index (χ1) is 12.0. The fourth-order valence-electron chi connectivity index (χ4n) is 2.96. The average Bonchev–Trinajstić information content (AvgIpc) is 3.03. The van der Waals surface area contributed by atoms with Crippen molar-refractivity contribution in [3.8, 4) is 0 Å². The number of benzene rings is 1. The van der Waals surface area contributed by atoms with E-state index in [0.717, 1.165) is 28.2 Å². The molecule has 130 valence electrons. The van der Waals surface area contributed by atoms with Crippen LogP contribution in [0.25, 0.3) is 5.65 Å². The SMILES string of the molecule is Cc1nn2cnnc2c(C)c1CCC(=O)Nc1ccc(C(C)C)cc1. The molecule has 3 aromatic rings. The van der Waals surface area contributed by atoms with Gasteiger partial charge in [-0.05, 0) is 49.4 Å². The van der Waals surface area contributed by atoms with Crippen molar-refractivity contribution < 1.29 is 4.79 Å². The summed E-state index contributed by atoms with van der Waals surface area (Å²) < 4.78 is 1.67. The summed E-state index contributed by atoms with van der Waals surface area (Å²) >= 11 is 0. The molecule has 0 atom stereocenters. The lowest BCUT2D eigenvalue weighted by Gasteiger charge is -2.11. The van der Waals surface area contributed by atoms with Crippen LogP contribution in [0.1, 0.15) is 48.6 Å². The van der Waals surface area contributed by atoms with E-state index in [1.165, 1.54) is 5.56 Å². The molecule has 6 heteroatoms. The maximum Gasteiger partial charge on any atom is 0.224 e. The van der Waals surface area contributed by atoms with Crippen molar-refractivity contribution >= 4 is 17.2 Å². The summed E-state index contributed by atoms with van der Waals surface area (Å²) in [6.07, 6.45) is 2.62. The molecule has 0 fully saturated rings. The van der Waals surface area contributed by atoms with Gasteiger partial charge in [0.05, 0.1) is 5.69 Å². The van der Waals surface area contributed by atoms with Crippen LogP contribution in [0, 0.1) is 13.8 Å². The number of nitrogens with zero attached hydrogens (tertiary/aromatic N) is 4. The zero-order valence-corrected chi connectivity index (χ0v) is 15.1. The quantitative estimate of drug-likeness (QED) is 0.774. The lowest BCUT2D eigenvalue weighted by Crippen LogP contribution is -2.14. The molecule has 1 N–H and O–H groups in total. The van der Waals surface area contributed by atoms with Crippen molar-refractivity contribution in [3.63, 3.8) is 0 Å². The normalized spacial score (nSPS) is 11.2. The van der Waals surface area contributed by atoms with Gasteiger partial charge in [0.2, 0.25) is 5.91 Å². The van der Waals surface area contributed by atoms with Crippen molar-refractivity contribution in [2.24, 2.45) is 0 Å². The van der Waals surface area contributed by atoms with Crippen molar-refractivity contribution in [2.75, 3.05) is 5.32 Å². The van der Waals surface area contributed by atoms with Crippen LogP contribution in [0.4, 0.5) is 5.69 Å². The number of carbonyl (C=O) groups is 1. The van der Waals surface area contributed by atoms with Gasteiger partial charge in [-0.1, -0.05) is 26.0 Å². The van der Waals surface area contributed by atoms with Crippen LogP contribution in [-0.2, 0) is 11.2 Å². The van der Waals surface area contributed by atoms with Crippen LogP contribution in [0.15, 0.2) is 30.6 Å². The average molecular weight is 337 g/mol. The number of carbonyl (C=O) groups excluding carboxylic acids is 1. The van der Waals surface area contributed by atoms with Crippen LogP contribution in [0.2, 0.25) is 0 Å². The second-order valence-corrected chi connectivity index (χ2v) is 6.61. The summed E-state index contributed by atoms with van der Waals surface area (Å²) in [4.78, 5) is 12.3. The van der Waals surface area contributed by atoms with E-state index in [1.807, 2.05) is 26.0 Å². The number of fused-ring (bicyclic) bond motifs is 1. The van der Waals surface area contributed by atoms with Gasteiger partial charge in [-0.2, -0.15) is 5.10 Å². The van der Waals surface area contributed by atoms with Gasteiger partial charge in [-0.3, -0.25) is 4.79 Å².